The first-order valence-corrected chi connectivity index (χ1v) is 6.84. The largest absolute Gasteiger partial charge is 0.370 e. The van der Waals surface area contributed by atoms with Gasteiger partial charge in [0.05, 0.1) is 17.7 Å². The fourth-order valence-corrected chi connectivity index (χ4v) is 2.37. The van der Waals surface area contributed by atoms with Crippen LogP contribution in [0.1, 0.15) is 33.2 Å². The molecule has 1 N–H and O–H groups in total. The second-order valence-corrected chi connectivity index (χ2v) is 4.82. The molecule has 0 atom stereocenters. The van der Waals surface area contributed by atoms with E-state index in [1.807, 2.05) is 19.1 Å². The van der Waals surface area contributed by atoms with Crippen LogP contribution < -0.4 is 5.32 Å². The van der Waals surface area contributed by atoms with Gasteiger partial charge in [0.1, 0.15) is 5.82 Å². The van der Waals surface area contributed by atoms with Crippen LogP contribution in [0, 0.1) is 0 Å². The van der Waals surface area contributed by atoms with E-state index in [4.69, 9.17) is 0 Å². The second kappa shape index (κ2) is 5.36. The molecule has 1 aliphatic heterocycles. The van der Waals surface area contributed by atoms with Gasteiger partial charge in [0, 0.05) is 12.7 Å². The van der Waals surface area contributed by atoms with Crippen molar-refractivity contribution in [2.24, 2.45) is 0 Å². The minimum atomic E-state index is -0.244. The summed E-state index contributed by atoms with van der Waals surface area (Å²) in [6.45, 7) is 3.03. The number of carbonyl (C=O) groups is 2. The number of benzene rings is 1. The summed E-state index contributed by atoms with van der Waals surface area (Å²) in [4.78, 5) is 30.0. The molecule has 21 heavy (non-hydrogen) atoms. The zero-order valence-corrected chi connectivity index (χ0v) is 11.7. The Bertz CT molecular complexity index is 660. The van der Waals surface area contributed by atoms with Gasteiger partial charge >= 0.3 is 0 Å². The van der Waals surface area contributed by atoms with Gasteiger partial charge in [-0.3, -0.25) is 14.5 Å². The van der Waals surface area contributed by atoms with Crippen molar-refractivity contribution in [3.63, 3.8) is 0 Å². The molecule has 2 aromatic rings. The predicted molar refractivity (Wildman–Crippen MR) is 79.0 cm³/mol. The molecule has 0 saturated carbocycles. The van der Waals surface area contributed by atoms with Crippen molar-refractivity contribution >= 4 is 17.6 Å². The van der Waals surface area contributed by atoms with E-state index < -0.39 is 0 Å². The average Bonchev–Trinajstić information content (AvgIpc) is 2.75. The first-order chi connectivity index (χ1) is 10.2. The summed E-state index contributed by atoms with van der Waals surface area (Å²) in [7, 11) is 0. The molecule has 2 amide bonds. The van der Waals surface area contributed by atoms with Gasteiger partial charge in [-0.15, -0.1) is 0 Å². The summed E-state index contributed by atoms with van der Waals surface area (Å²) in [5.74, 6) is 0.293. The maximum Gasteiger partial charge on any atom is 0.261 e. The van der Waals surface area contributed by atoms with E-state index in [1.54, 1.807) is 30.5 Å². The molecular formula is C16H15N3O2. The van der Waals surface area contributed by atoms with Crippen molar-refractivity contribution < 1.29 is 9.59 Å². The van der Waals surface area contributed by atoms with Crippen LogP contribution in [0.25, 0.3) is 0 Å². The lowest BCUT2D eigenvalue weighted by molar-refractivity contribution is 0.0642. The van der Waals surface area contributed by atoms with Crippen LogP contribution in [0.3, 0.4) is 0 Å². The average molecular weight is 281 g/mol. The lowest BCUT2D eigenvalue weighted by Gasteiger charge is -2.13. The number of rotatable bonds is 4. The number of pyridine rings is 1. The van der Waals surface area contributed by atoms with E-state index in [0.717, 1.165) is 17.9 Å². The Balaban J connectivity index is 1.80. The molecule has 0 radical (unpaired) electrons. The molecule has 0 fully saturated rings. The number of nitrogens with zero attached hydrogens (tertiary/aromatic N) is 2. The van der Waals surface area contributed by atoms with Gasteiger partial charge in [0.25, 0.3) is 11.8 Å². The molecule has 5 heteroatoms. The summed E-state index contributed by atoms with van der Waals surface area (Å²) in [5, 5.41) is 3.10. The van der Waals surface area contributed by atoms with Crippen molar-refractivity contribution in [2.45, 2.75) is 13.5 Å². The van der Waals surface area contributed by atoms with Gasteiger partial charge in [-0.05, 0) is 30.7 Å². The van der Waals surface area contributed by atoms with E-state index in [9.17, 15) is 9.59 Å². The van der Waals surface area contributed by atoms with E-state index in [2.05, 4.69) is 10.3 Å². The number of anilines is 1. The summed E-state index contributed by atoms with van der Waals surface area (Å²) in [6, 6.07) is 10.6. The predicted octanol–water partition coefficient (Wildman–Crippen LogP) is 2.31. The van der Waals surface area contributed by atoms with Crippen molar-refractivity contribution in [3.05, 3.63) is 59.3 Å². The summed E-state index contributed by atoms with van der Waals surface area (Å²) in [5.41, 5.74) is 1.77. The van der Waals surface area contributed by atoms with Crippen molar-refractivity contribution in [1.82, 2.24) is 9.88 Å². The number of nitrogens with one attached hydrogen (secondary N) is 1. The molecular weight excluding hydrogens is 266 g/mol. The molecule has 0 bridgehead atoms. The SMILES string of the molecule is CCNc1ccc(CN2C(=O)c3ccccc3C2=O)cn1. The van der Waals surface area contributed by atoms with Crippen LogP contribution >= 0.6 is 0 Å². The van der Waals surface area contributed by atoms with Crippen LogP contribution in [0.2, 0.25) is 0 Å². The molecule has 1 aromatic heterocycles. The molecule has 2 heterocycles. The first-order valence-electron chi connectivity index (χ1n) is 6.84. The lowest BCUT2D eigenvalue weighted by atomic mass is 10.1. The van der Waals surface area contributed by atoms with Crippen molar-refractivity contribution in [2.75, 3.05) is 11.9 Å². The topological polar surface area (TPSA) is 62.3 Å². The molecule has 106 valence electrons. The number of hydrogen-bond acceptors (Lipinski definition) is 4. The molecule has 0 aliphatic carbocycles. The Labute approximate surface area is 122 Å². The highest BCUT2D eigenvalue weighted by Crippen LogP contribution is 2.24. The first kappa shape index (κ1) is 13.3. The van der Waals surface area contributed by atoms with Gasteiger partial charge in [-0.2, -0.15) is 0 Å². The minimum absolute atomic E-state index is 0.242. The standard InChI is InChI=1S/C16H15N3O2/c1-2-17-14-8-7-11(9-18-14)10-19-15(20)12-5-3-4-6-13(12)16(19)21/h3-9H,2,10H2,1H3,(H,17,18). The van der Waals surface area contributed by atoms with E-state index >= 15 is 0 Å². The van der Waals surface area contributed by atoms with Crippen molar-refractivity contribution in [1.29, 1.82) is 0 Å². The van der Waals surface area contributed by atoms with Crippen LogP contribution in [0.5, 0.6) is 0 Å². The van der Waals surface area contributed by atoms with Crippen LogP contribution in [0.15, 0.2) is 42.6 Å². The van der Waals surface area contributed by atoms with E-state index in [1.165, 1.54) is 4.90 Å². The number of fused-ring (bicyclic) bond motifs is 1. The highest BCUT2D eigenvalue weighted by Gasteiger charge is 2.34. The Hall–Kier alpha value is -2.69. The fraction of sp³-hybridized carbons (Fsp3) is 0.188. The number of aromatic nitrogens is 1. The Morgan fingerprint density at radius 2 is 1.71 bits per heavy atom. The zero-order valence-electron chi connectivity index (χ0n) is 11.7. The molecule has 1 aliphatic rings. The molecule has 0 saturated heterocycles. The normalized spacial score (nSPS) is 13.5. The van der Waals surface area contributed by atoms with E-state index in [-0.39, 0.29) is 18.4 Å². The third kappa shape index (κ3) is 2.38. The molecule has 5 nitrogen and oxygen atoms in total. The van der Waals surface area contributed by atoms with Crippen LogP contribution in [0.4, 0.5) is 5.82 Å². The fourth-order valence-electron chi connectivity index (χ4n) is 2.37. The highest BCUT2D eigenvalue weighted by molar-refractivity contribution is 6.21. The smallest absolute Gasteiger partial charge is 0.261 e. The van der Waals surface area contributed by atoms with Gasteiger partial charge < -0.3 is 5.32 Å². The highest BCUT2D eigenvalue weighted by atomic mass is 16.2. The monoisotopic (exact) mass is 281 g/mol. The molecule has 1 aromatic carbocycles. The lowest BCUT2D eigenvalue weighted by Crippen LogP contribution is -2.29. The number of imide groups is 1. The number of hydrogen-bond donors (Lipinski definition) is 1. The second-order valence-electron chi connectivity index (χ2n) is 4.82. The van der Waals surface area contributed by atoms with Gasteiger partial charge in [0.2, 0.25) is 0 Å². The Kier molecular flexibility index (Phi) is 3.39. The van der Waals surface area contributed by atoms with Crippen LogP contribution in [-0.4, -0.2) is 28.2 Å². The summed E-state index contributed by atoms with van der Waals surface area (Å²) in [6.07, 6.45) is 1.68. The molecule has 0 unspecified atom stereocenters. The third-order valence-corrected chi connectivity index (χ3v) is 3.40. The van der Waals surface area contributed by atoms with Crippen LogP contribution in [-0.2, 0) is 6.54 Å². The number of carbonyl (C=O) groups excluding carboxylic acids is 2. The Morgan fingerprint density at radius 1 is 1.05 bits per heavy atom. The zero-order chi connectivity index (χ0) is 14.8. The molecule has 3 rings (SSSR count). The van der Waals surface area contributed by atoms with Gasteiger partial charge in [-0.25, -0.2) is 4.98 Å². The third-order valence-electron chi connectivity index (χ3n) is 3.40. The van der Waals surface area contributed by atoms with Gasteiger partial charge in [0.15, 0.2) is 0 Å². The molecule has 0 spiro atoms. The summed E-state index contributed by atoms with van der Waals surface area (Å²) >= 11 is 0. The van der Waals surface area contributed by atoms with Crippen molar-refractivity contribution in [3.8, 4) is 0 Å². The summed E-state index contributed by atoms with van der Waals surface area (Å²) < 4.78 is 0. The van der Waals surface area contributed by atoms with E-state index in [0.29, 0.717) is 11.1 Å². The maximum atomic E-state index is 12.3. The minimum Gasteiger partial charge on any atom is -0.370 e. The number of amides is 2. The van der Waals surface area contributed by atoms with Gasteiger partial charge in [-0.1, -0.05) is 18.2 Å². The maximum absolute atomic E-state index is 12.3. The quantitative estimate of drug-likeness (QED) is 0.874. The Morgan fingerprint density at radius 3 is 2.24 bits per heavy atom.